The third-order valence-electron chi connectivity index (χ3n) is 6.63. The van der Waals surface area contributed by atoms with Gasteiger partial charge < -0.3 is 15.4 Å². The van der Waals surface area contributed by atoms with Crippen molar-refractivity contribution in [2.75, 3.05) is 12.4 Å². The molecule has 0 heterocycles. The number of benzene rings is 1. The molecule has 3 fully saturated rings. The topological polar surface area (TPSA) is 50.4 Å². The molecule has 1 aromatic rings. The van der Waals surface area contributed by atoms with Gasteiger partial charge in [-0.1, -0.05) is 12.8 Å². The molecule has 4 rings (SSSR count). The van der Waals surface area contributed by atoms with Crippen molar-refractivity contribution in [2.45, 2.75) is 51.5 Å². The molecule has 3 aliphatic rings. The number of methoxy groups -OCH3 is 1. The van der Waals surface area contributed by atoms with Gasteiger partial charge in [-0.2, -0.15) is 0 Å². The molecule has 4 nitrogen and oxygen atoms in total. The van der Waals surface area contributed by atoms with Gasteiger partial charge in [-0.05, 0) is 80.0 Å². The third kappa shape index (κ3) is 2.87. The standard InChI is InChI=1S/C20H28N2O2/c1-12-8-17(24-2)6-7-18(12)21-20(23)22-19-14-5-3-4-13-9-16(19)11-15(13)10-14/h6-8,13-16,19H,3-5,9-11H2,1-2H3,(H2,21,22,23)/t13-,14?,15?,16?,19?/m1/s1. The van der Waals surface area contributed by atoms with E-state index in [4.69, 9.17) is 4.74 Å². The molecule has 3 bridgehead atoms. The van der Waals surface area contributed by atoms with Crippen molar-refractivity contribution in [3.63, 3.8) is 0 Å². The number of hydrogen-bond acceptors (Lipinski definition) is 2. The minimum absolute atomic E-state index is 0.0549. The number of fused-ring (bicyclic) bond motifs is 2. The molecular formula is C20H28N2O2. The van der Waals surface area contributed by atoms with Crippen LogP contribution in [-0.2, 0) is 0 Å². The van der Waals surface area contributed by atoms with E-state index in [9.17, 15) is 4.79 Å². The lowest BCUT2D eigenvalue weighted by Gasteiger charge is -2.37. The molecule has 2 N–H and O–H groups in total. The average Bonchev–Trinajstić information content (AvgIpc) is 2.81. The number of nitrogens with one attached hydrogen (secondary N) is 2. The smallest absolute Gasteiger partial charge is 0.319 e. The molecule has 1 aromatic carbocycles. The van der Waals surface area contributed by atoms with Crippen LogP contribution in [0.15, 0.2) is 18.2 Å². The monoisotopic (exact) mass is 328 g/mol. The van der Waals surface area contributed by atoms with E-state index in [1.165, 1.54) is 38.5 Å². The van der Waals surface area contributed by atoms with Gasteiger partial charge in [0.2, 0.25) is 0 Å². The van der Waals surface area contributed by atoms with Crippen molar-refractivity contribution >= 4 is 11.7 Å². The molecule has 24 heavy (non-hydrogen) atoms. The van der Waals surface area contributed by atoms with E-state index in [2.05, 4.69) is 10.6 Å². The van der Waals surface area contributed by atoms with Crippen LogP contribution in [0.25, 0.3) is 0 Å². The summed E-state index contributed by atoms with van der Waals surface area (Å²) in [6.45, 7) is 1.99. The third-order valence-corrected chi connectivity index (χ3v) is 6.63. The molecule has 0 aliphatic heterocycles. The van der Waals surface area contributed by atoms with Gasteiger partial charge in [0.05, 0.1) is 7.11 Å². The highest BCUT2D eigenvalue weighted by Gasteiger charge is 2.48. The van der Waals surface area contributed by atoms with Gasteiger partial charge in [0, 0.05) is 11.7 Å². The van der Waals surface area contributed by atoms with Crippen LogP contribution < -0.4 is 15.4 Å². The number of aryl methyl sites for hydroxylation is 1. The van der Waals surface area contributed by atoms with Crippen molar-refractivity contribution in [1.82, 2.24) is 5.32 Å². The number of anilines is 1. The average molecular weight is 328 g/mol. The zero-order valence-electron chi connectivity index (χ0n) is 14.7. The van der Waals surface area contributed by atoms with Gasteiger partial charge in [-0.15, -0.1) is 0 Å². The van der Waals surface area contributed by atoms with E-state index in [1.807, 2.05) is 25.1 Å². The van der Waals surface area contributed by atoms with Gasteiger partial charge in [-0.3, -0.25) is 0 Å². The Morgan fingerprint density at radius 1 is 1.08 bits per heavy atom. The number of rotatable bonds is 3. The predicted molar refractivity (Wildman–Crippen MR) is 95.3 cm³/mol. The van der Waals surface area contributed by atoms with Crippen LogP contribution in [0.5, 0.6) is 5.75 Å². The summed E-state index contributed by atoms with van der Waals surface area (Å²) in [5, 5.41) is 6.36. The van der Waals surface area contributed by atoms with Gasteiger partial charge in [0.1, 0.15) is 5.75 Å². The van der Waals surface area contributed by atoms with Crippen molar-refractivity contribution in [2.24, 2.45) is 23.7 Å². The molecule has 0 radical (unpaired) electrons. The lowest BCUT2D eigenvalue weighted by molar-refractivity contribution is 0.179. The highest BCUT2D eigenvalue weighted by Crippen LogP contribution is 2.53. The Balaban J connectivity index is 1.43. The lowest BCUT2D eigenvalue weighted by atomic mass is 9.75. The van der Waals surface area contributed by atoms with E-state index < -0.39 is 0 Å². The molecule has 4 unspecified atom stereocenters. The first-order valence-electron chi connectivity index (χ1n) is 9.36. The summed E-state index contributed by atoms with van der Waals surface area (Å²) in [4.78, 5) is 12.6. The fourth-order valence-electron chi connectivity index (χ4n) is 5.50. The number of ether oxygens (including phenoxy) is 1. The maximum atomic E-state index is 12.6. The van der Waals surface area contributed by atoms with E-state index in [0.717, 1.165) is 28.8 Å². The van der Waals surface area contributed by atoms with E-state index >= 15 is 0 Å². The maximum absolute atomic E-state index is 12.6. The van der Waals surface area contributed by atoms with Crippen LogP contribution in [0, 0.1) is 30.6 Å². The fraction of sp³-hybridized carbons (Fsp3) is 0.650. The summed E-state index contributed by atoms with van der Waals surface area (Å²) in [5.41, 5.74) is 1.88. The molecular weight excluding hydrogens is 300 g/mol. The summed E-state index contributed by atoms with van der Waals surface area (Å²) < 4.78 is 5.23. The molecule has 0 saturated heterocycles. The quantitative estimate of drug-likeness (QED) is 0.867. The van der Waals surface area contributed by atoms with Gasteiger partial charge in [-0.25, -0.2) is 4.79 Å². The summed E-state index contributed by atoms with van der Waals surface area (Å²) in [7, 11) is 1.66. The molecule has 3 aliphatic carbocycles. The van der Waals surface area contributed by atoms with Crippen LogP contribution in [0.2, 0.25) is 0 Å². The minimum Gasteiger partial charge on any atom is -0.497 e. The second-order valence-electron chi connectivity index (χ2n) is 7.98. The first-order chi connectivity index (χ1) is 11.6. The summed E-state index contributed by atoms with van der Waals surface area (Å²) in [6.07, 6.45) is 8.03. The van der Waals surface area contributed by atoms with Crippen LogP contribution >= 0.6 is 0 Å². The van der Waals surface area contributed by atoms with Gasteiger partial charge in [0.25, 0.3) is 0 Å². The van der Waals surface area contributed by atoms with E-state index in [-0.39, 0.29) is 6.03 Å². The number of carbonyl (C=O) groups excluding carboxylic acids is 1. The van der Waals surface area contributed by atoms with Crippen LogP contribution in [0.3, 0.4) is 0 Å². The van der Waals surface area contributed by atoms with Gasteiger partial charge in [0.15, 0.2) is 0 Å². The Labute approximate surface area is 144 Å². The highest BCUT2D eigenvalue weighted by molar-refractivity contribution is 5.90. The zero-order valence-corrected chi connectivity index (χ0v) is 14.7. The highest BCUT2D eigenvalue weighted by atomic mass is 16.5. The van der Waals surface area contributed by atoms with Gasteiger partial charge >= 0.3 is 6.03 Å². The van der Waals surface area contributed by atoms with E-state index in [0.29, 0.717) is 17.9 Å². The Kier molecular flexibility index (Phi) is 4.15. The Morgan fingerprint density at radius 3 is 2.62 bits per heavy atom. The fourth-order valence-corrected chi connectivity index (χ4v) is 5.50. The summed E-state index contributed by atoms with van der Waals surface area (Å²) in [5.74, 6) is 4.06. The second kappa shape index (κ2) is 6.30. The van der Waals surface area contributed by atoms with Crippen molar-refractivity contribution in [3.05, 3.63) is 23.8 Å². The Bertz CT molecular complexity index is 630. The Morgan fingerprint density at radius 2 is 1.83 bits per heavy atom. The van der Waals surface area contributed by atoms with Crippen molar-refractivity contribution in [1.29, 1.82) is 0 Å². The number of amides is 2. The predicted octanol–water partition coefficient (Wildman–Crippen LogP) is 4.34. The van der Waals surface area contributed by atoms with Crippen LogP contribution in [0.1, 0.15) is 44.1 Å². The number of carbonyl (C=O) groups is 1. The normalized spacial score (nSPS) is 33.8. The molecule has 4 heteroatoms. The molecule has 2 amide bonds. The minimum atomic E-state index is -0.0549. The largest absolute Gasteiger partial charge is 0.497 e. The van der Waals surface area contributed by atoms with Crippen LogP contribution in [0.4, 0.5) is 10.5 Å². The Hall–Kier alpha value is -1.71. The summed E-state index contributed by atoms with van der Waals surface area (Å²) >= 11 is 0. The van der Waals surface area contributed by atoms with E-state index in [1.54, 1.807) is 7.11 Å². The molecule has 0 spiro atoms. The lowest BCUT2D eigenvalue weighted by Crippen LogP contribution is -2.48. The molecule has 3 saturated carbocycles. The first-order valence-corrected chi connectivity index (χ1v) is 9.36. The SMILES string of the molecule is COc1ccc(NC(=O)NC2C3CCC[C@@H]4CC2CC4C3)c(C)c1. The maximum Gasteiger partial charge on any atom is 0.319 e. The first kappa shape index (κ1) is 15.8. The second-order valence-corrected chi connectivity index (χ2v) is 7.98. The molecule has 0 aromatic heterocycles. The zero-order chi connectivity index (χ0) is 16.7. The van der Waals surface area contributed by atoms with Crippen LogP contribution in [-0.4, -0.2) is 19.2 Å². The van der Waals surface area contributed by atoms with Crippen molar-refractivity contribution < 1.29 is 9.53 Å². The molecule has 5 atom stereocenters. The summed E-state index contributed by atoms with van der Waals surface area (Å²) in [6, 6.07) is 6.06. The van der Waals surface area contributed by atoms with Crippen molar-refractivity contribution in [3.8, 4) is 5.75 Å². The number of urea groups is 1. The molecule has 130 valence electrons. The number of hydrogen-bond donors (Lipinski definition) is 2.